The van der Waals surface area contributed by atoms with Crippen LogP contribution in [0.1, 0.15) is 30.9 Å². The second-order valence-electron chi connectivity index (χ2n) is 3.39. The lowest BCUT2D eigenvalue weighted by Gasteiger charge is -2.16. The molecule has 0 radical (unpaired) electrons. The summed E-state index contributed by atoms with van der Waals surface area (Å²) in [6.45, 7) is 5.96. The van der Waals surface area contributed by atoms with Crippen molar-refractivity contribution >= 4 is 0 Å². The molecule has 2 atom stereocenters. The molecule has 0 saturated heterocycles. The van der Waals surface area contributed by atoms with Crippen molar-refractivity contribution < 1.29 is 5.11 Å². The third-order valence-electron chi connectivity index (χ3n) is 2.40. The lowest BCUT2D eigenvalue weighted by molar-refractivity contribution is 0.168. The van der Waals surface area contributed by atoms with Crippen LogP contribution in [0.15, 0.2) is 24.3 Å². The number of aryl methyl sites for hydroxylation is 1. The Kier molecular flexibility index (Phi) is 2.88. The molecule has 0 amide bonds. The molecule has 1 N–H and O–H groups in total. The Bertz CT molecular complexity index is 253. The molecule has 0 aliphatic heterocycles. The van der Waals surface area contributed by atoms with Crippen LogP contribution in [0, 0.1) is 6.92 Å². The van der Waals surface area contributed by atoms with Crippen LogP contribution in [-0.4, -0.2) is 11.2 Å². The highest BCUT2D eigenvalue weighted by Gasteiger charge is 2.12. The first-order valence-corrected chi connectivity index (χ1v) is 4.36. The van der Waals surface area contributed by atoms with Crippen molar-refractivity contribution in [3.05, 3.63) is 35.4 Å². The normalized spacial score (nSPS) is 15.7. The molecule has 0 saturated carbocycles. The second kappa shape index (κ2) is 3.72. The Morgan fingerprint density at radius 3 is 2.25 bits per heavy atom. The number of hydrogen-bond donors (Lipinski definition) is 1. The zero-order valence-corrected chi connectivity index (χ0v) is 7.91. The summed E-state index contributed by atoms with van der Waals surface area (Å²) >= 11 is 0. The molecule has 1 rings (SSSR count). The minimum atomic E-state index is -0.272. The first-order chi connectivity index (χ1) is 5.63. The van der Waals surface area contributed by atoms with Crippen molar-refractivity contribution in [2.24, 2.45) is 0 Å². The van der Waals surface area contributed by atoms with E-state index in [2.05, 4.69) is 19.1 Å². The highest BCUT2D eigenvalue weighted by molar-refractivity contribution is 5.29. The van der Waals surface area contributed by atoms with Gasteiger partial charge in [0.2, 0.25) is 0 Å². The van der Waals surface area contributed by atoms with Gasteiger partial charge in [-0.3, -0.25) is 0 Å². The average Bonchev–Trinajstić information content (AvgIpc) is 2.04. The molecule has 1 aromatic rings. The molecule has 0 spiro atoms. The molecular formula is C11H16O. The third kappa shape index (κ3) is 1.86. The summed E-state index contributed by atoms with van der Waals surface area (Å²) in [6, 6.07) is 8.19. The largest absolute Gasteiger partial charge is 0.393 e. The fourth-order valence-electron chi connectivity index (χ4n) is 1.36. The Morgan fingerprint density at radius 1 is 1.17 bits per heavy atom. The van der Waals surface area contributed by atoms with E-state index in [-0.39, 0.29) is 12.0 Å². The Morgan fingerprint density at radius 2 is 1.75 bits per heavy atom. The van der Waals surface area contributed by atoms with E-state index in [1.807, 2.05) is 26.0 Å². The predicted molar refractivity (Wildman–Crippen MR) is 51.3 cm³/mol. The summed E-state index contributed by atoms with van der Waals surface area (Å²) in [4.78, 5) is 0. The number of hydrogen-bond acceptors (Lipinski definition) is 1. The molecule has 0 bridgehead atoms. The smallest absolute Gasteiger partial charge is 0.0578 e. The molecule has 0 aliphatic rings. The molecule has 0 heterocycles. The van der Waals surface area contributed by atoms with E-state index < -0.39 is 0 Å². The summed E-state index contributed by atoms with van der Waals surface area (Å²) in [6.07, 6.45) is -0.272. The fourth-order valence-corrected chi connectivity index (χ4v) is 1.36. The summed E-state index contributed by atoms with van der Waals surface area (Å²) in [5, 5.41) is 9.40. The lowest BCUT2D eigenvalue weighted by Crippen LogP contribution is -2.11. The second-order valence-corrected chi connectivity index (χ2v) is 3.39. The van der Waals surface area contributed by atoms with Gasteiger partial charge in [0.1, 0.15) is 0 Å². The molecular weight excluding hydrogens is 148 g/mol. The Balaban J connectivity index is 2.94. The number of benzene rings is 1. The van der Waals surface area contributed by atoms with Gasteiger partial charge in [-0.25, -0.2) is 0 Å². The van der Waals surface area contributed by atoms with Gasteiger partial charge in [0.15, 0.2) is 0 Å². The van der Waals surface area contributed by atoms with E-state index in [1.54, 1.807) is 0 Å². The van der Waals surface area contributed by atoms with Crippen molar-refractivity contribution in [3.63, 3.8) is 0 Å². The van der Waals surface area contributed by atoms with Crippen LogP contribution in [0.3, 0.4) is 0 Å². The summed E-state index contributed by atoms with van der Waals surface area (Å²) in [5.74, 6) is 0.228. The first kappa shape index (κ1) is 9.27. The third-order valence-corrected chi connectivity index (χ3v) is 2.40. The van der Waals surface area contributed by atoms with Crippen LogP contribution in [0.5, 0.6) is 0 Å². The molecule has 66 valence electrons. The Hall–Kier alpha value is -0.820. The van der Waals surface area contributed by atoms with Crippen molar-refractivity contribution in [2.45, 2.75) is 32.8 Å². The van der Waals surface area contributed by atoms with Gasteiger partial charge in [-0.15, -0.1) is 0 Å². The highest BCUT2D eigenvalue weighted by Crippen LogP contribution is 2.21. The predicted octanol–water partition coefficient (Wildman–Crippen LogP) is 2.48. The van der Waals surface area contributed by atoms with Gasteiger partial charge in [0, 0.05) is 5.92 Å². The summed E-state index contributed by atoms with van der Waals surface area (Å²) in [5.41, 5.74) is 2.50. The zero-order chi connectivity index (χ0) is 9.14. The fraction of sp³-hybridized carbons (Fsp3) is 0.455. The van der Waals surface area contributed by atoms with Crippen LogP contribution >= 0.6 is 0 Å². The molecule has 12 heavy (non-hydrogen) atoms. The van der Waals surface area contributed by atoms with Gasteiger partial charge in [-0.05, 0) is 25.0 Å². The van der Waals surface area contributed by atoms with E-state index in [1.165, 1.54) is 11.1 Å². The van der Waals surface area contributed by atoms with Gasteiger partial charge >= 0.3 is 0 Å². The minimum absolute atomic E-state index is 0.228. The van der Waals surface area contributed by atoms with E-state index in [0.717, 1.165) is 0 Å². The first-order valence-electron chi connectivity index (χ1n) is 4.36. The van der Waals surface area contributed by atoms with E-state index >= 15 is 0 Å². The maximum absolute atomic E-state index is 9.40. The van der Waals surface area contributed by atoms with Gasteiger partial charge in [0.25, 0.3) is 0 Å². The van der Waals surface area contributed by atoms with Crippen molar-refractivity contribution in [3.8, 4) is 0 Å². The van der Waals surface area contributed by atoms with Crippen LogP contribution in [0.25, 0.3) is 0 Å². The van der Waals surface area contributed by atoms with E-state index in [0.29, 0.717) is 0 Å². The molecule has 0 fully saturated rings. The van der Waals surface area contributed by atoms with Gasteiger partial charge in [-0.1, -0.05) is 31.2 Å². The molecule has 1 nitrogen and oxygen atoms in total. The molecule has 2 unspecified atom stereocenters. The maximum Gasteiger partial charge on any atom is 0.0578 e. The minimum Gasteiger partial charge on any atom is -0.393 e. The monoisotopic (exact) mass is 164 g/mol. The van der Waals surface area contributed by atoms with Gasteiger partial charge < -0.3 is 5.11 Å². The van der Waals surface area contributed by atoms with E-state index in [4.69, 9.17) is 0 Å². The van der Waals surface area contributed by atoms with Crippen molar-refractivity contribution in [1.29, 1.82) is 0 Å². The molecule has 0 aromatic heterocycles. The molecule has 1 aromatic carbocycles. The lowest BCUT2D eigenvalue weighted by atomic mass is 9.93. The summed E-state index contributed by atoms with van der Waals surface area (Å²) in [7, 11) is 0. The van der Waals surface area contributed by atoms with Crippen LogP contribution < -0.4 is 0 Å². The standard InChI is InChI=1S/C11H16O/c1-8-6-4-5-7-11(8)9(2)10(3)12/h4-7,9-10,12H,1-3H3. The summed E-state index contributed by atoms with van der Waals surface area (Å²) < 4.78 is 0. The van der Waals surface area contributed by atoms with Crippen molar-refractivity contribution in [1.82, 2.24) is 0 Å². The van der Waals surface area contributed by atoms with Crippen LogP contribution in [0.4, 0.5) is 0 Å². The number of rotatable bonds is 2. The number of aliphatic hydroxyl groups is 1. The van der Waals surface area contributed by atoms with Gasteiger partial charge in [0.05, 0.1) is 6.10 Å². The topological polar surface area (TPSA) is 20.2 Å². The maximum atomic E-state index is 9.40. The zero-order valence-electron chi connectivity index (χ0n) is 7.91. The number of aliphatic hydroxyl groups excluding tert-OH is 1. The van der Waals surface area contributed by atoms with Gasteiger partial charge in [-0.2, -0.15) is 0 Å². The van der Waals surface area contributed by atoms with Crippen LogP contribution in [-0.2, 0) is 0 Å². The highest BCUT2D eigenvalue weighted by atomic mass is 16.3. The Labute approximate surface area is 74.1 Å². The van der Waals surface area contributed by atoms with Crippen LogP contribution in [0.2, 0.25) is 0 Å². The average molecular weight is 164 g/mol. The van der Waals surface area contributed by atoms with E-state index in [9.17, 15) is 5.11 Å². The SMILES string of the molecule is Cc1ccccc1C(C)C(C)O. The molecule has 1 heteroatoms. The molecule has 0 aliphatic carbocycles. The quantitative estimate of drug-likeness (QED) is 0.712. The van der Waals surface area contributed by atoms with Crippen molar-refractivity contribution in [2.75, 3.05) is 0 Å².